The van der Waals surface area contributed by atoms with Crippen LogP contribution in [0.2, 0.25) is 0 Å². The van der Waals surface area contributed by atoms with E-state index in [4.69, 9.17) is 5.73 Å². The fourth-order valence-electron chi connectivity index (χ4n) is 3.37. The van der Waals surface area contributed by atoms with Gasteiger partial charge in [-0.1, -0.05) is 42.0 Å². The predicted molar refractivity (Wildman–Crippen MR) is 111 cm³/mol. The molecule has 150 valence electrons. The molecular weight excluding hydrogens is 384 g/mol. The number of carbonyl (C=O) groups excluding carboxylic acids is 3. The summed E-state index contributed by atoms with van der Waals surface area (Å²) in [5.74, 6) is -1.95. The van der Waals surface area contributed by atoms with Gasteiger partial charge in [-0.15, -0.1) is 0 Å². The number of para-hydroxylation sites is 1. The van der Waals surface area contributed by atoms with Gasteiger partial charge in [-0.3, -0.25) is 29.1 Å². The second-order valence-corrected chi connectivity index (χ2v) is 6.96. The number of rotatable bonds is 4. The highest BCUT2D eigenvalue weighted by Crippen LogP contribution is 2.24. The number of carbonyl (C=O) groups is 3. The summed E-state index contributed by atoms with van der Waals surface area (Å²) in [5, 5.41) is 4.94. The Kier molecular flexibility index (Phi) is 4.67. The molecule has 0 fully saturated rings. The third kappa shape index (κ3) is 3.24. The molecule has 0 unspecified atom stereocenters. The number of anilines is 1. The van der Waals surface area contributed by atoms with Crippen molar-refractivity contribution in [3.63, 3.8) is 0 Å². The minimum atomic E-state index is -0.678. The Hall–Kier alpha value is -4.20. The molecule has 2 aromatic carbocycles. The molecule has 8 heteroatoms. The van der Waals surface area contributed by atoms with E-state index in [1.54, 1.807) is 24.3 Å². The van der Waals surface area contributed by atoms with E-state index in [1.807, 2.05) is 31.2 Å². The first-order valence-corrected chi connectivity index (χ1v) is 9.21. The van der Waals surface area contributed by atoms with Gasteiger partial charge in [0.1, 0.15) is 5.82 Å². The maximum atomic E-state index is 12.9. The molecule has 3 aromatic rings. The van der Waals surface area contributed by atoms with Crippen molar-refractivity contribution in [2.45, 2.75) is 13.5 Å². The van der Waals surface area contributed by atoms with Gasteiger partial charge in [0, 0.05) is 12.6 Å². The van der Waals surface area contributed by atoms with Crippen LogP contribution in [-0.4, -0.2) is 22.3 Å². The van der Waals surface area contributed by atoms with Gasteiger partial charge in [0.2, 0.25) is 0 Å². The molecule has 8 nitrogen and oxygen atoms in total. The quantitative estimate of drug-likeness (QED) is 0.571. The van der Waals surface area contributed by atoms with E-state index in [0.717, 1.165) is 21.8 Å². The number of aryl methyl sites for hydroxylation is 1. The average molecular weight is 402 g/mol. The Morgan fingerprint density at radius 1 is 1.03 bits per heavy atom. The van der Waals surface area contributed by atoms with E-state index in [2.05, 4.69) is 10.6 Å². The highest BCUT2D eigenvalue weighted by atomic mass is 16.2. The molecule has 1 aromatic heterocycles. The van der Waals surface area contributed by atoms with Crippen molar-refractivity contribution in [2.75, 3.05) is 5.73 Å². The van der Waals surface area contributed by atoms with Crippen LogP contribution in [-0.2, 0) is 6.54 Å². The molecule has 0 bridgehead atoms. The summed E-state index contributed by atoms with van der Waals surface area (Å²) < 4.78 is 1.07. The van der Waals surface area contributed by atoms with E-state index in [1.165, 1.54) is 0 Å². The summed E-state index contributed by atoms with van der Waals surface area (Å²) >= 11 is 0. The fourth-order valence-corrected chi connectivity index (χ4v) is 3.37. The van der Waals surface area contributed by atoms with Crippen molar-refractivity contribution in [3.8, 4) is 5.69 Å². The topological polar surface area (TPSA) is 123 Å². The maximum Gasteiger partial charge on any atom is 0.262 e. The largest absolute Gasteiger partial charge is 0.384 e. The van der Waals surface area contributed by atoms with Crippen molar-refractivity contribution < 1.29 is 14.4 Å². The van der Waals surface area contributed by atoms with E-state index in [9.17, 15) is 19.2 Å². The van der Waals surface area contributed by atoms with Gasteiger partial charge in [-0.05, 0) is 24.6 Å². The van der Waals surface area contributed by atoms with Crippen LogP contribution >= 0.6 is 0 Å². The van der Waals surface area contributed by atoms with Gasteiger partial charge in [-0.2, -0.15) is 0 Å². The number of amides is 3. The molecule has 4 N–H and O–H groups in total. The Morgan fingerprint density at radius 2 is 1.73 bits per heavy atom. The maximum absolute atomic E-state index is 12.9. The average Bonchev–Trinajstić information content (AvgIpc) is 3.01. The number of hydrogen-bond acceptors (Lipinski definition) is 5. The molecule has 0 saturated heterocycles. The molecule has 0 aliphatic carbocycles. The highest BCUT2D eigenvalue weighted by molar-refractivity contribution is 6.23. The van der Waals surface area contributed by atoms with Crippen LogP contribution in [0.5, 0.6) is 0 Å². The third-order valence-corrected chi connectivity index (χ3v) is 4.92. The monoisotopic (exact) mass is 402 g/mol. The second kappa shape index (κ2) is 7.32. The molecule has 30 heavy (non-hydrogen) atoms. The Bertz CT molecular complexity index is 1260. The fraction of sp³-hybridized carbons (Fsp3) is 0.0909. The Balaban J connectivity index is 1.72. The van der Waals surface area contributed by atoms with Crippen LogP contribution in [0.15, 0.2) is 59.4 Å². The van der Waals surface area contributed by atoms with Crippen molar-refractivity contribution in [2.24, 2.45) is 0 Å². The number of imide groups is 1. The van der Waals surface area contributed by atoms with Gasteiger partial charge >= 0.3 is 0 Å². The molecule has 0 saturated carbocycles. The number of nitrogens with two attached hydrogens (primary N) is 1. The molecule has 0 spiro atoms. The smallest absolute Gasteiger partial charge is 0.262 e. The lowest BCUT2D eigenvalue weighted by Crippen LogP contribution is -2.28. The molecule has 1 aliphatic heterocycles. The lowest BCUT2D eigenvalue weighted by molar-refractivity contribution is 0.0878. The van der Waals surface area contributed by atoms with Gasteiger partial charge < -0.3 is 11.1 Å². The lowest BCUT2D eigenvalue weighted by atomic mass is 10.1. The van der Waals surface area contributed by atoms with Gasteiger partial charge in [0.25, 0.3) is 23.3 Å². The number of nitrogen functional groups attached to an aromatic ring is 1. The summed E-state index contributed by atoms with van der Waals surface area (Å²) in [6.45, 7) is 2.28. The van der Waals surface area contributed by atoms with Crippen LogP contribution in [0.3, 0.4) is 0 Å². The standard InChI is InChI=1S/C22H18N4O4/c1-12-6-8-13(9-7-12)11-24-20(28)14-4-2-3-5-16(14)26-17(27)10-15-18(19(26)23)22(30)25-21(15)29/h2-10H,11,23H2,1H3,(H,24,28)(H,25,29,30). The number of nitrogens with one attached hydrogen (secondary N) is 2. The number of aromatic nitrogens is 1. The zero-order chi connectivity index (χ0) is 21.4. The molecule has 2 heterocycles. The van der Waals surface area contributed by atoms with Crippen LogP contribution in [0.25, 0.3) is 5.69 Å². The van der Waals surface area contributed by atoms with E-state index in [-0.39, 0.29) is 28.2 Å². The number of benzene rings is 2. The molecule has 4 rings (SSSR count). The normalized spacial score (nSPS) is 12.4. The van der Waals surface area contributed by atoms with Gasteiger partial charge in [-0.25, -0.2) is 0 Å². The minimum Gasteiger partial charge on any atom is -0.384 e. The summed E-state index contributed by atoms with van der Waals surface area (Å²) in [6, 6.07) is 15.2. The van der Waals surface area contributed by atoms with Crippen LogP contribution in [0.1, 0.15) is 42.2 Å². The predicted octanol–water partition coefficient (Wildman–Crippen LogP) is 1.54. The van der Waals surface area contributed by atoms with E-state index in [0.29, 0.717) is 6.54 Å². The lowest BCUT2D eigenvalue weighted by Gasteiger charge is -2.15. The molecule has 3 amide bonds. The van der Waals surface area contributed by atoms with Crippen molar-refractivity contribution in [3.05, 3.63) is 92.8 Å². The zero-order valence-electron chi connectivity index (χ0n) is 16.1. The highest BCUT2D eigenvalue weighted by Gasteiger charge is 2.32. The Labute approximate surface area is 171 Å². The first-order chi connectivity index (χ1) is 14.4. The van der Waals surface area contributed by atoms with Crippen LogP contribution < -0.4 is 21.9 Å². The SMILES string of the molecule is Cc1ccc(CNC(=O)c2ccccc2-n2c(N)c3c(cc2=O)C(=O)NC3=O)cc1. The third-order valence-electron chi connectivity index (χ3n) is 4.92. The van der Waals surface area contributed by atoms with Crippen molar-refractivity contribution in [1.29, 1.82) is 0 Å². The molecule has 1 aliphatic rings. The van der Waals surface area contributed by atoms with Crippen molar-refractivity contribution >= 4 is 23.5 Å². The second-order valence-electron chi connectivity index (χ2n) is 6.96. The Morgan fingerprint density at radius 3 is 2.47 bits per heavy atom. The summed E-state index contributed by atoms with van der Waals surface area (Å²) in [4.78, 5) is 49.5. The number of nitrogens with zero attached hydrogens (tertiary/aromatic N) is 1. The van der Waals surface area contributed by atoms with Gasteiger partial charge in [0.15, 0.2) is 0 Å². The number of hydrogen-bond donors (Lipinski definition) is 3. The van der Waals surface area contributed by atoms with Gasteiger partial charge in [0.05, 0.1) is 22.4 Å². The van der Waals surface area contributed by atoms with Crippen molar-refractivity contribution in [1.82, 2.24) is 15.2 Å². The molecule has 0 radical (unpaired) electrons. The molecule has 0 atom stereocenters. The summed E-state index contributed by atoms with van der Waals surface area (Å²) in [7, 11) is 0. The van der Waals surface area contributed by atoms with E-state index < -0.39 is 23.3 Å². The zero-order valence-corrected chi connectivity index (χ0v) is 16.1. The minimum absolute atomic E-state index is 0.0694. The summed E-state index contributed by atoms with van der Waals surface area (Å²) in [6.07, 6.45) is 0. The van der Waals surface area contributed by atoms with Crippen LogP contribution in [0, 0.1) is 6.92 Å². The number of fused-ring (bicyclic) bond motifs is 1. The number of pyridine rings is 1. The van der Waals surface area contributed by atoms with Crippen LogP contribution in [0.4, 0.5) is 5.82 Å². The first-order valence-electron chi connectivity index (χ1n) is 9.21. The molecular formula is C22H18N4O4. The van der Waals surface area contributed by atoms with E-state index >= 15 is 0 Å². The summed E-state index contributed by atoms with van der Waals surface area (Å²) in [5.41, 5.74) is 7.80. The first kappa shape index (κ1) is 19.1.